The Kier molecular flexibility index (Phi) is 7.06. The Bertz CT molecular complexity index is 986. The fraction of sp³-hybridized carbons (Fsp3) is 0.167. The van der Waals surface area contributed by atoms with Crippen LogP contribution in [0.2, 0.25) is 0 Å². The maximum atomic E-state index is 12.1. The monoisotopic (exact) mass is 482 g/mol. The maximum absolute atomic E-state index is 12.1. The summed E-state index contributed by atoms with van der Waals surface area (Å²) in [6.07, 6.45) is 1.96. The van der Waals surface area contributed by atoms with E-state index in [0.29, 0.717) is 9.52 Å². The third kappa shape index (κ3) is 5.41. The van der Waals surface area contributed by atoms with Crippen molar-refractivity contribution in [3.63, 3.8) is 0 Å². The number of rotatable bonds is 7. The van der Waals surface area contributed by atoms with Crippen LogP contribution < -0.4 is 4.74 Å². The van der Waals surface area contributed by atoms with E-state index in [-0.39, 0.29) is 13.2 Å². The molecule has 0 fully saturated rings. The first-order chi connectivity index (χ1) is 13.1. The Morgan fingerprint density at radius 3 is 2.70 bits per heavy atom. The minimum absolute atomic E-state index is 0.168. The minimum atomic E-state index is -0.397. The summed E-state index contributed by atoms with van der Waals surface area (Å²) in [5, 5.41) is 4.43. The predicted octanol–water partition coefficient (Wildman–Crippen LogP) is 5.38. The van der Waals surface area contributed by atoms with Gasteiger partial charge in [0.05, 0.1) is 11.3 Å². The van der Waals surface area contributed by atoms with E-state index in [0.717, 1.165) is 20.2 Å². The number of halogens is 1. The highest BCUT2D eigenvalue weighted by Crippen LogP contribution is 2.22. The van der Waals surface area contributed by atoms with Crippen molar-refractivity contribution >= 4 is 57.2 Å². The molecule has 0 aliphatic carbocycles. The number of hydrogen-bond acceptors (Lipinski definition) is 7. The van der Waals surface area contributed by atoms with E-state index < -0.39 is 5.97 Å². The number of benzene rings is 2. The van der Waals surface area contributed by atoms with E-state index in [1.807, 2.05) is 30.5 Å². The second kappa shape index (κ2) is 9.50. The van der Waals surface area contributed by atoms with E-state index in [4.69, 9.17) is 21.7 Å². The fourth-order valence-electron chi connectivity index (χ4n) is 2.18. The van der Waals surface area contributed by atoms with E-state index in [9.17, 15) is 4.79 Å². The molecule has 3 rings (SSSR count). The summed E-state index contributed by atoms with van der Waals surface area (Å²) in [7, 11) is 0. The Hall–Kier alpha value is -1.68. The second-order valence-electron chi connectivity index (χ2n) is 5.24. The van der Waals surface area contributed by atoms with Crippen molar-refractivity contribution in [1.29, 1.82) is 0 Å². The molecule has 27 heavy (non-hydrogen) atoms. The fourth-order valence-corrected chi connectivity index (χ4v) is 4.34. The van der Waals surface area contributed by atoms with Gasteiger partial charge in [0.25, 0.3) is 0 Å². The van der Waals surface area contributed by atoms with Gasteiger partial charge in [-0.25, -0.2) is 9.48 Å². The minimum Gasteiger partial charge on any atom is -0.490 e. The largest absolute Gasteiger partial charge is 0.490 e. The van der Waals surface area contributed by atoms with Crippen molar-refractivity contribution in [2.45, 2.75) is 4.34 Å². The molecule has 2 aromatic carbocycles. The molecule has 0 radical (unpaired) electrons. The molecule has 5 nitrogen and oxygen atoms in total. The number of carbonyl (C=O) groups excluding carboxylic acids is 1. The van der Waals surface area contributed by atoms with Crippen LogP contribution in [0, 0.1) is 3.95 Å². The first kappa shape index (κ1) is 20.1. The summed E-state index contributed by atoms with van der Waals surface area (Å²) < 4.78 is 15.0. The number of thioether (sulfide) groups is 1. The molecule has 0 bridgehead atoms. The molecule has 1 aromatic heterocycles. The molecular weight excluding hydrogens is 468 g/mol. The number of hydrogen-bond donors (Lipinski definition) is 0. The van der Waals surface area contributed by atoms with Gasteiger partial charge in [0.2, 0.25) is 0 Å². The SMILES string of the molecule is CSc1nn(-c2ccc(C(=O)OCCOc3cccc(Br)c3)cc2)c(=S)s1. The number of esters is 1. The van der Waals surface area contributed by atoms with Gasteiger partial charge in [0.1, 0.15) is 19.0 Å². The molecule has 0 amide bonds. The van der Waals surface area contributed by atoms with Crippen LogP contribution in [-0.4, -0.2) is 35.2 Å². The average molecular weight is 483 g/mol. The van der Waals surface area contributed by atoms with Crippen molar-refractivity contribution < 1.29 is 14.3 Å². The van der Waals surface area contributed by atoms with Gasteiger partial charge in [-0.3, -0.25) is 0 Å². The molecule has 0 aliphatic rings. The lowest BCUT2D eigenvalue weighted by molar-refractivity contribution is 0.0450. The molecule has 3 aromatic rings. The quantitative estimate of drug-likeness (QED) is 0.195. The summed E-state index contributed by atoms with van der Waals surface area (Å²) in [6.45, 7) is 0.451. The van der Waals surface area contributed by atoms with Gasteiger partial charge in [0, 0.05) is 4.47 Å². The molecule has 0 saturated carbocycles. The van der Waals surface area contributed by atoms with Gasteiger partial charge in [-0.15, -0.1) is 5.10 Å². The van der Waals surface area contributed by atoms with Crippen LogP contribution in [0.25, 0.3) is 5.69 Å². The highest BCUT2D eigenvalue weighted by molar-refractivity contribution is 9.10. The molecule has 1 heterocycles. The maximum Gasteiger partial charge on any atom is 0.338 e. The van der Waals surface area contributed by atoms with Gasteiger partial charge in [-0.2, -0.15) is 0 Å². The summed E-state index contributed by atoms with van der Waals surface area (Å²) in [5.41, 5.74) is 1.28. The third-order valence-corrected chi connectivity index (χ3v) is 6.13. The lowest BCUT2D eigenvalue weighted by Crippen LogP contribution is -2.12. The first-order valence-corrected chi connectivity index (χ1v) is 11.1. The zero-order chi connectivity index (χ0) is 19.2. The zero-order valence-corrected chi connectivity index (χ0v) is 18.3. The van der Waals surface area contributed by atoms with Crippen molar-refractivity contribution in [2.24, 2.45) is 0 Å². The van der Waals surface area contributed by atoms with Crippen molar-refractivity contribution in [2.75, 3.05) is 19.5 Å². The van der Waals surface area contributed by atoms with Crippen LogP contribution in [0.5, 0.6) is 5.75 Å². The molecule has 0 spiro atoms. The number of ether oxygens (including phenoxy) is 2. The molecule has 0 unspecified atom stereocenters. The standard InChI is InChI=1S/C18H15BrN2O3S3/c1-26-17-20-21(18(25)27-17)14-7-5-12(6-8-14)16(22)24-10-9-23-15-4-2-3-13(19)11-15/h2-8,11H,9-10H2,1H3. The van der Waals surface area contributed by atoms with Crippen LogP contribution in [0.3, 0.4) is 0 Å². The van der Waals surface area contributed by atoms with Gasteiger partial charge in [-0.05, 0) is 60.9 Å². The summed E-state index contributed by atoms with van der Waals surface area (Å²) in [6, 6.07) is 14.5. The van der Waals surface area contributed by atoms with Gasteiger partial charge < -0.3 is 9.47 Å². The van der Waals surface area contributed by atoms with Crippen LogP contribution in [-0.2, 0) is 4.74 Å². The van der Waals surface area contributed by atoms with E-state index in [1.54, 1.807) is 40.7 Å². The van der Waals surface area contributed by atoms with Crippen LogP contribution in [0.1, 0.15) is 10.4 Å². The highest BCUT2D eigenvalue weighted by Gasteiger charge is 2.09. The third-order valence-electron chi connectivity index (χ3n) is 3.43. The lowest BCUT2D eigenvalue weighted by Gasteiger charge is -2.08. The van der Waals surface area contributed by atoms with Crippen molar-refractivity contribution in [3.8, 4) is 11.4 Å². The highest BCUT2D eigenvalue weighted by atomic mass is 79.9. The number of aromatic nitrogens is 2. The summed E-state index contributed by atoms with van der Waals surface area (Å²) in [5.74, 6) is 0.320. The topological polar surface area (TPSA) is 53.4 Å². The average Bonchev–Trinajstić information content (AvgIpc) is 3.06. The van der Waals surface area contributed by atoms with Gasteiger partial charge in [0.15, 0.2) is 8.29 Å². The number of carbonyl (C=O) groups is 1. The summed E-state index contributed by atoms with van der Waals surface area (Å²) in [4.78, 5) is 12.1. The lowest BCUT2D eigenvalue weighted by atomic mass is 10.2. The molecular formula is C18H15BrN2O3S3. The zero-order valence-electron chi connectivity index (χ0n) is 14.3. The molecule has 0 N–H and O–H groups in total. The smallest absolute Gasteiger partial charge is 0.338 e. The second-order valence-corrected chi connectivity index (χ2v) is 8.83. The van der Waals surface area contributed by atoms with Crippen LogP contribution >= 0.6 is 51.2 Å². The summed E-state index contributed by atoms with van der Waals surface area (Å²) >= 11 is 11.7. The number of nitrogens with zero attached hydrogens (tertiary/aromatic N) is 2. The van der Waals surface area contributed by atoms with E-state index >= 15 is 0 Å². The Morgan fingerprint density at radius 2 is 2.04 bits per heavy atom. The Morgan fingerprint density at radius 1 is 1.26 bits per heavy atom. The Balaban J connectivity index is 1.54. The van der Waals surface area contributed by atoms with Crippen LogP contribution in [0.15, 0.2) is 57.3 Å². The predicted molar refractivity (Wildman–Crippen MR) is 114 cm³/mol. The van der Waals surface area contributed by atoms with Gasteiger partial charge >= 0.3 is 5.97 Å². The normalized spacial score (nSPS) is 10.6. The Labute approximate surface area is 178 Å². The van der Waals surface area contributed by atoms with E-state index in [2.05, 4.69) is 21.0 Å². The van der Waals surface area contributed by atoms with Crippen molar-refractivity contribution in [1.82, 2.24) is 9.78 Å². The van der Waals surface area contributed by atoms with Gasteiger partial charge in [-0.1, -0.05) is 45.1 Å². The molecule has 0 atom stereocenters. The first-order valence-electron chi connectivity index (χ1n) is 7.87. The van der Waals surface area contributed by atoms with Crippen molar-refractivity contribution in [3.05, 3.63) is 62.5 Å². The molecule has 0 aliphatic heterocycles. The van der Waals surface area contributed by atoms with E-state index in [1.165, 1.54) is 11.3 Å². The molecule has 0 saturated heterocycles. The molecule has 9 heteroatoms. The van der Waals surface area contributed by atoms with Crippen LogP contribution in [0.4, 0.5) is 0 Å². The molecule has 140 valence electrons.